The van der Waals surface area contributed by atoms with Gasteiger partial charge in [0.2, 0.25) is 0 Å². The van der Waals surface area contributed by atoms with E-state index in [-0.39, 0.29) is 0 Å². The molecule has 0 saturated heterocycles. The normalized spacial score (nSPS) is 15.1. The molecule has 130 valence electrons. The second kappa shape index (κ2) is 7.66. The zero-order chi connectivity index (χ0) is 17.7. The molecule has 1 aliphatic carbocycles. The molecule has 0 unspecified atom stereocenters. The maximum atomic E-state index is 11.6. The summed E-state index contributed by atoms with van der Waals surface area (Å²) in [5, 5.41) is 4.10. The van der Waals surface area contributed by atoms with Crippen LogP contribution in [0, 0.1) is 0 Å². The highest BCUT2D eigenvalue weighted by Gasteiger charge is 2.16. The molecule has 2 aromatic carbocycles. The van der Waals surface area contributed by atoms with Gasteiger partial charge in [0, 0.05) is 6.26 Å². The maximum Gasteiger partial charge on any atom is 0.175 e. The molecule has 0 spiro atoms. The second-order valence-corrected chi connectivity index (χ2v) is 8.16. The van der Waals surface area contributed by atoms with E-state index in [1.54, 1.807) is 18.3 Å². The molecule has 0 aromatic heterocycles. The topological polar surface area (TPSA) is 55.7 Å². The van der Waals surface area contributed by atoms with E-state index in [2.05, 4.69) is 5.16 Å². The lowest BCUT2D eigenvalue weighted by molar-refractivity contribution is 0.132. The highest BCUT2D eigenvalue weighted by molar-refractivity contribution is 7.90. The van der Waals surface area contributed by atoms with E-state index in [4.69, 9.17) is 4.84 Å². The third-order valence-electron chi connectivity index (χ3n) is 4.25. The lowest BCUT2D eigenvalue weighted by Crippen LogP contribution is -1.97. The third-order valence-corrected chi connectivity index (χ3v) is 5.38. The minimum absolute atomic E-state index is 0.344. The Labute approximate surface area is 148 Å². The van der Waals surface area contributed by atoms with Gasteiger partial charge in [0.15, 0.2) is 9.84 Å². The van der Waals surface area contributed by atoms with Crippen LogP contribution in [0.5, 0.6) is 0 Å². The van der Waals surface area contributed by atoms with Crippen LogP contribution >= 0.6 is 0 Å². The molecule has 0 bridgehead atoms. The van der Waals surface area contributed by atoms with Crippen LogP contribution in [0.2, 0.25) is 0 Å². The largest absolute Gasteiger partial charge is 0.391 e. The Balaban J connectivity index is 1.70. The molecule has 0 saturated carbocycles. The van der Waals surface area contributed by atoms with Crippen molar-refractivity contribution in [3.8, 4) is 0 Å². The van der Waals surface area contributed by atoms with Gasteiger partial charge in [-0.05, 0) is 53.7 Å². The Morgan fingerprint density at radius 2 is 1.76 bits per heavy atom. The SMILES string of the molecule is CS(=O)(=O)c1ccc(C2=C(/C=N/OCc3ccccc3)CCC2)cc1. The Kier molecular flexibility index (Phi) is 5.34. The molecule has 4 nitrogen and oxygen atoms in total. The van der Waals surface area contributed by atoms with Crippen molar-refractivity contribution in [3.63, 3.8) is 0 Å². The minimum Gasteiger partial charge on any atom is -0.391 e. The first kappa shape index (κ1) is 17.4. The minimum atomic E-state index is -3.16. The summed E-state index contributed by atoms with van der Waals surface area (Å²) in [5.74, 6) is 0. The summed E-state index contributed by atoms with van der Waals surface area (Å²) >= 11 is 0. The first-order valence-corrected chi connectivity index (χ1v) is 10.1. The fourth-order valence-corrected chi connectivity index (χ4v) is 3.56. The van der Waals surface area contributed by atoms with Crippen molar-refractivity contribution in [2.45, 2.75) is 30.8 Å². The van der Waals surface area contributed by atoms with Crippen LogP contribution in [0.15, 0.2) is 70.2 Å². The molecule has 3 rings (SSSR count). The Bertz CT molecular complexity index is 882. The van der Waals surface area contributed by atoms with E-state index >= 15 is 0 Å². The molecular weight excluding hydrogens is 334 g/mol. The summed E-state index contributed by atoms with van der Waals surface area (Å²) < 4.78 is 23.1. The predicted octanol–water partition coefficient (Wildman–Crippen LogP) is 4.23. The zero-order valence-electron chi connectivity index (χ0n) is 14.2. The van der Waals surface area contributed by atoms with Crippen molar-refractivity contribution in [3.05, 3.63) is 71.3 Å². The Hall–Kier alpha value is -2.40. The first-order valence-electron chi connectivity index (χ1n) is 8.26. The highest BCUT2D eigenvalue weighted by Crippen LogP contribution is 2.33. The van der Waals surface area contributed by atoms with Gasteiger partial charge in [-0.1, -0.05) is 47.6 Å². The molecule has 0 aliphatic heterocycles. The smallest absolute Gasteiger partial charge is 0.175 e. The third kappa shape index (κ3) is 4.57. The average molecular weight is 355 g/mol. The zero-order valence-corrected chi connectivity index (χ0v) is 15.0. The van der Waals surface area contributed by atoms with Crippen molar-refractivity contribution < 1.29 is 13.3 Å². The second-order valence-electron chi connectivity index (χ2n) is 6.15. The van der Waals surface area contributed by atoms with Crippen molar-refractivity contribution in [2.75, 3.05) is 6.26 Å². The van der Waals surface area contributed by atoms with Gasteiger partial charge in [-0.15, -0.1) is 0 Å². The van der Waals surface area contributed by atoms with Gasteiger partial charge < -0.3 is 4.84 Å². The molecule has 0 fully saturated rings. The van der Waals surface area contributed by atoms with Crippen LogP contribution in [-0.4, -0.2) is 20.9 Å². The van der Waals surface area contributed by atoms with Crippen molar-refractivity contribution in [1.29, 1.82) is 0 Å². The highest BCUT2D eigenvalue weighted by atomic mass is 32.2. The lowest BCUT2D eigenvalue weighted by Gasteiger charge is -2.06. The first-order chi connectivity index (χ1) is 12.0. The van der Waals surface area contributed by atoms with E-state index in [0.717, 1.165) is 36.0 Å². The predicted molar refractivity (Wildman–Crippen MR) is 100 cm³/mol. The number of nitrogens with zero attached hydrogens (tertiary/aromatic N) is 1. The van der Waals surface area contributed by atoms with Gasteiger partial charge >= 0.3 is 0 Å². The number of sulfone groups is 1. The number of hydrogen-bond donors (Lipinski definition) is 0. The quantitative estimate of drug-likeness (QED) is 0.575. The Morgan fingerprint density at radius 3 is 2.44 bits per heavy atom. The van der Waals surface area contributed by atoms with Crippen LogP contribution in [0.3, 0.4) is 0 Å². The summed E-state index contributed by atoms with van der Waals surface area (Å²) in [5.41, 5.74) is 4.50. The lowest BCUT2D eigenvalue weighted by atomic mass is 10.0. The monoisotopic (exact) mass is 355 g/mol. The molecule has 0 N–H and O–H groups in total. The Morgan fingerprint density at radius 1 is 1.04 bits per heavy atom. The number of benzene rings is 2. The van der Waals surface area contributed by atoms with Crippen LogP contribution in [0.4, 0.5) is 0 Å². The molecule has 1 aliphatic rings. The fourth-order valence-electron chi connectivity index (χ4n) is 2.93. The summed E-state index contributed by atoms with van der Waals surface area (Å²) in [4.78, 5) is 5.73. The van der Waals surface area contributed by atoms with Crippen LogP contribution in [0.1, 0.15) is 30.4 Å². The number of rotatable bonds is 6. The van der Waals surface area contributed by atoms with E-state index in [1.807, 2.05) is 42.5 Å². The van der Waals surface area contributed by atoms with Crippen LogP contribution in [-0.2, 0) is 21.3 Å². The molecular formula is C20H21NO3S. The average Bonchev–Trinajstić information content (AvgIpc) is 3.07. The van der Waals surface area contributed by atoms with Crippen LogP contribution < -0.4 is 0 Å². The summed E-state index contributed by atoms with van der Waals surface area (Å²) in [6, 6.07) is 17.0. The molecule has 0 amide bonds. The number of hydrogen-bond acceptors (Lipinski definition) is 4. The summed E-state index contributed by atoms with van der Waals surface area (Å²) in [6.07, 6.45) is 6.01. The maximum absolute atomic E-state index is 11.6. The van der Waals surface area contributed by atoms with Gasteiger partial charge in [-0.3, -0.25) is 0 Å². The molecule has 0 radical (unpaired) electrons. The van der Waals surface area contributed by atoms with Crippen molar-refractivity contribution in [2.24, 2.45) is 5.16 Å². The molecule has 2 aromatic rings. The number of allylic oxidation sites excluding steroid dienone is 2. The molecule has 5 heteroatoms. The van der Waals surface area contributed by atoms with E-state index in [1.165, 1.54) is 11.8 Å². The number of oxime groups is 1. The van der Waals surface area contributed by atoms with Gasteiger partial charge in [0.1, 0.15) is 6.61 Å². The van der Waals surface area contributed by atoms with Gasteiger partial charge in [0.25, 0.3) is 0 Å². The summed E-state index contributed by atoms with van der Waals surface area (Å²) in [7, 11) is -3.16. The van der Waals surface area contributed by atoms with Gasteiger partial charge in [-0.2, -0.15) is 0 Å². The van der Waals surface area contributed by atoms with E-state index < -0.39 is 9.84 Å². The molecule has 0 heterocycles. The summed E-state index contributed by atoms with van der Waals surface area (Å²) in [6.45, 7) is 0.447. The van der Waals surface area contributed by atoms with Gasteiger partial charge in [-0.25, -0.2) is 8.42 Å². The van der Waals surface area contributed by atoms with E-state index in [9.17, 15) is 8.42 Å². The molecule has 0 atom stereocenters. The molecule has 25 heavy (non-hydrogen) atoms. The van der Waals surface area contributed by atoms with Crippen LogP contribution in [0.25, 0.3) is 5.57 Å². The fraction of sp³-hybridized carbons (Fsp3) is 0.250. The van der Waals surface area contributed by atoms with Crippen molar-refractivity contribution >= 4 is 21.6 Å². The van der Waals surface area contributed by atoms with Gasteiger partial charge in [0.05, 0.1) is 11.1 Å². The van der Waals surface area contributed by atoms with E-state index in [0.29, 0.717) is 11.5 Å². The van der Waals surface area contributed by atoms with Crippen molar-refractivity contribution in [1.82, 2.24) is 0 Å². The standard InChI is InChI=1S/C20H21NO3S/c1-25(22,23)19-12-10-17(11-13-19)20-9-5-8-18(20)14-21-24-15-16-6-3-2-4-7-16/h2-4,6-7,10-14H,5,8-9,15H2,1H3/b21-14+.